The molecule has 0 amide bonds. The van der Waals surface area contributed by atoms with E-state index in [9.17, 15) is 0 Å². The van der Waals surface area contributed by atoms with Gasteiger partial charge >= 0.3 is 0 Å². The van der Waals surface area contributed by atoms with Gasteiger partial charge in [0.1, 0.15) is 0 Å². The molecule has 2 aliphatic carbocycles. The average Bonchev–Trinajstić information content (AvgIpc) is 2.94. The summed E-state index contributed by atoms with van der Waals surface area (Å²) in [4.78, 5) is 0. The van der Waals surface area contributed by atoms with E-state index in [1.54, 1.807) is 0 Å². The first-order valence-electron chi connectivity index (χ1n) is 6.62. The van der Waals surface area contributed by atoms with Gasteiger partial charge in [0, 0.05) is 12.1 Å². The van der Waals surface area contributed by atoms with Crippen molar-refractivity contribution in [1.82, 2.24) is 5.32 Å². The third-order valence-electron chi connectivity index (χ3n) is 4.30. The number of rotatable bonds is 5. The van der Waals surface area contributed by atoms with Crippen molar-refractivity contribution in [2.45, 2.75) is 63.8 Å². The van der Waals surface area contributed by atoms with E-state index >= 15 is 0 Å². The smallest absolute Gasteiger partial charge is 0.0166 e. The fraction of sp³-hybridized carbons (Fsp3) is 1.00. The Bertz CT molecular complexity index is 203. The van der Waals surface area contributed by atoms with Crippen LogP contribution in [-0.2, 0) is 0 Å². The molecule has 2 saturated carbocycles. The molecule has 0 radical (unpaired) electrons. The third-order valence-corrected chi connectivity index (χ3v) is 4.30. The Morgan fingerprint density at radius 3 is 2.33 bits per heavy atom. The van der Waals surface area contributed by atoms with Gasteiger partial charge in [0.05, 0.1) is 0 Å². The second-order valence-electron chi connectivity index (χ2n) is 6.16. The summed E-state index contributed by atoms with van der Waals surface area (Å²) in [5.41, 5.74) is 7.18. The minimum Gasteiger partial charge on any atom is -0.325 e. The summed E-state index contributed by atoms with van der Waals surface area (Å²) >= 11 is 0. The van der Waals surface area contributed by atoms with Gasteiger partial charge in [-0.05, 0) is 44.1 Å². The number of nitrogens with one attached hydrogen (secondary N) is 1. The molecule has 0 bridgehead atoms. The summed E-state index contributed by atoms with van der Waals surface area (Å²) in [6, 6.07) is 0. The Kier molecular flexibility index (Phi) is 3.36. The maximum Gasteiger partial charge on any atom is 0.0166 e. The molecule has 3 N–H and O–H groups in total. The molecule has 0 aliphatic heterocycles. The Hall–Kier alpha value is -0.0800. The molecule has 0 atom stereocenters. The summed E-state index contributed by atoms with van der Waals surface area (Å²) in [7, 11) is 0. The topological polar surface area (TPSA) is 38.0 Å². The van der Waals surface area contributed by atoms with Crippen LogP contribution in [0.5, 0.6) is 0 Å². The van der Waals surface area contributed by atoms with Crippen LogP contribution in [0.1, 0.15) is 58.3 Å². The highest BCUT2D eigenvalue weighted by Crippen LogP contribution is 2.44. The summed E-state index contributed by atoms with van der Waals surface area (Å²) in [6.07, 6.45) is 10.6. The van der Waals surface area contributed by atoms with E-state index in [0.717, 1.165) is 6.54 Å². The molecule has 0 aromatic carbocycles. The molecule has 2 rings (SSSR count). The van der Waals surface area contributed by atoms with Crippen molar-refractivity contribution in [3.05, 3.63) is 0 Å². The van der Waals surface area contributed by atoms with E-state index in [4.69, 9.17) is 5.73 Å². The van der Waals surface area contributed by atoms with Gasteiger partial charge < -0.3 is 11.1 Å². The maximum absolute atomic E-state index is 6.38. The number of hydrogen-bond donors (Lipinski definition) is 2. The normalized spacial score (nSPS) is 27.6. The van der Waals surface area contributed by atoms with E-state index in [1.807, 2.05) is 0 Å². The first-order chi connectivity index (χ1) is 7.12. The van der Waals surface area contributed by atoms with Gasteiger partial charge in [-0.15, -0.1) is 0 Å². The van der Waals surface area contributed by atoms with E-state index in [1.165, 1.54) is 57.9 Å². The van der Waals surface area contributed by atoms with Crippen LogP contribution >= 0.6 is 0 Å². The van der Waals surface area contributed by atoms with Crippen molar-refractivity contribution < 1.29 is 0 Å². The predicted molar refractivity (Wildman–Crippen MR) is 64.8 cm³/mol. The van der Waals surface area contributed by atoms with Gasteiger partial charge in [-0.2, -0.15) is 0 Å². The Labute approximate surface area is 94.0 Å². The minimum atomic E-state index is 0.162. The zero-order valence-electron chi connectivity index (χ0n) is 10.1. The fourth-order valence-electron chi connectivity index (χ4n) is 2.62. The van der Waals surface area contributed by atoms with Gasteiger partial charge in [0.2, 0.25) is 0 Å². The summed E-state index contributed by atoms with van der Waals surface area (Å²) in [5.74, 6) is 0. The Morgan fingerprint density at radius 2 is 1.73 bits per heavy atom. The second kappa shape index (κ2) is 4.42. The zero-order chi connectivity index (χ0) is 10.8. The van der Waals surface area contributed by atoms with Crippen molar-refractivity contribution in [3.63, 3.8) is 0 Å². The lowest BCUT2D eigenvalue weighted by atomic mass is 9.80. The van der Waals surface area contributed by atoms with E-state index < -0.39 is 0 Å². The summed E-state index contributed by atoms with van der Waals surface area (Å²) < 4.78 is 0. The Morgan fingerprint density at radius 1 is 1.07 bits per heavy atom. The summed E-state index contributed by atoms with van der Waals surface area (Å²) in [5, 5.41) is 3.58. The van der Waals surface area contributed by atoms with Crippen LogP contribution in [0.25, 0.3) is 0 Å². The van der Waals surface area contributed by atoms with Crippen LogP contribution < -0.4 is 11.1 Å². The minimum absolute atomic E-state index is 0.162. The number of hydrogen-bond acceptors (Lipinski definition) is 2. The van der Waals surface area contributed by atoms with Crippen LogP contribution in [0.2, 0.25) is 0 Å². The zero-order valence-corrected chi connectivity index (χ0v) is 10.1. The predicted octanol–water partition coefficient (Wildman–Crippen LogP) is 2.43. The largest absolute Gasteiger partial charge is 0.325 e. The van der Waals surface area contributed by atoms with Crippen LogP contribution in [0.15, 0.2) is 0 Å². The molecule has 0 aromatic rings. The van der Waals surface area contributed by atoms with Crippen molar-refractivity contribution >= 4 is 0 Å². The molecule has 0 unspecified atom stereocenters. The van der Waals surface area contributed by atoms with Gasteiger partial charge in [-0.25, -0.2) is 0 Å². The molecule has 0 heterocycles. The molecule has 15 heavy (non-hydrogen) atoms. The molecule has 2 nitrogen and oxygen atoms in total. The van der Waals surface area contributed by atoms with E-state index in [0.29, 0.717) is 5.41 Å². The van der Waals surface area contributed by atoms with Crippen LogP contribution in [0.4, 0.5) is 0 Å². The third kappa shape index (κ3) is 3.46. The van der Waals surface area contributed by atoms with Crippen molar-refractivity contribution in [3.8, 4) is 0 Å². The van der Waals surface area contributed by atoms with Crippen LogP contribution in [-0.4, -0.2) is 18.6 Å². The molecular formula is C13H26N2. The molecule has 0 spiro atoms. The molecule has 88 valence electrons. The quantitative estimate of drug-likeness (QED) is 0.684. The lowest BCUT2D eigenvalue weighted by molar-refractivity contribution is 0.272. The number of nitrogens with two attached hydrogens (primary N) is 1. The molecule has 2 aliphatic rings. The van der Waals surface area contributed by atoms with Gasteiger partial charge in [0.25, 0.3) is 0 Å². The van der Waals surface area contributed by atoms with Gasteiger partial charge in [0.15, 0.2) is 0 Å². The SMILES string of the molecule is CC1(CNCCC2(N)CCCCC2)CC1. The fourth-order valence-corrected chi connectivity index (χ4v) is 2.62. The molecule has 0 saturated heterocycles. The lowest BCUT2D eigenvalue weighted by Gasteiger charge is -2.33. The van der Waals surface area contributed by atoms with E-state index in [2.05, 4.69) is 12.2 Å². The monoisotopic (exact) mass is 210 g/mol. The molecule has 2 fully saturated rings. The standard InChI is InChI=1S/C13H26N2/c1-12(7-8-12)11-15-10-9-13(14)5-3-2-4-6-13/h15H,2-11,14H2,1H3. The average molecular weight is 210 g/mol. The molecule has 2 heteroatoms. The lowest BCUT2D eigenvalue weighted by Crippen LogP contribution is -2.44. The Balaban J connectivity index is 1.59. The van der Waals surface area contributed by atoms with Crippen molar-refractivity contribution in [2.75, 3.05) is 13.1 Å². The van der Waals surface area contributed by atoms with Gasteiger partial charge in [-0.3, -0.25) is 0 Å². The second-order valence-corrected chi connectivity index (χ2v) is 6.16. The highest BCUT2D eigenvalue weighted by Gasteiger charge is 2.36. The van der Waals surface area contributed by atoms with Crippen molar-refractivity contribution in [2.24, 2.45) is 11.1 Å². The molecule has 0 aromatic heterocycles. The summed E-state index contributed by atoms with van der Waals surface area (Å²) in [6.45, 7) is 4.69. The van der Waals surface area contributed by atoms with Gasteiger partial charge in [-0.1, -0.05) is 26.2 Å². The van der Waals surface area contributed by atoms with E-state index in [-0.39, 0.29) is 5.54 Å². The first-order valence-corrected chi connectivity index (χ1v) is 6.62. The van der Waals surface area contributed by atoms with Crippen molar-refractivity contribution in [1.29, 1.82) is 0 Å². The van der Waals surface area contributed by atoms with Crippen LogP contribution in [0, 0.1) is 5.41 Å². The molecular weight excluding hydrogens is 184 g/mol. The maximum atomic E-state index is 6.38. The highest BCUT2D eigenvalue weighted by molar-refractivity contribution is 4.91. The highest BCUT2D eigenvalue weighted by atomic mass is 14.9. The first kappa shape index (κ1) is 11.4. The van der Waals surface area contributed by atoms with Crippen LogP contribution in [0.3, 0.4) is 0 Å².